The third-order valence-corrected chi connectivity index (χ3v) is 4.42. The maximum absolute atomic E-state index is 12.5. The summed E-state index contributed by atoms with van der Waals surface area (Å²) in [5, 5.41) is 6.48. The molecule has 0 saturated heterocycles. The molecule has 0 aliphatic rings. The molecule has 3 rings (SSSR count). The number of nitrogens with zero attached hydrogens (tertiary/aromatic N) is 2. The van der Waals surface area contributed by atoms with Crippen LogP contribution in [0.15, 0.2) is 47.0 Å². The van der Waals surface area contributed by atoms with Crippen molar-refractivity contribution in [1.82, 2.24) is 10.1 Å². The number of amides is 1. The van der Waals surface area contributed by atoms with Crippen molar-refractivity contribution >= 4 is 11.9 Å². The summed E-state index contributed by atoms with van der Waals surface area (Å²) in [6.45, 7) is 9.88. The van der Waals surface area contributed by atoms with Gasteiger partial charge in [-0.2, -0.15) is 4.98 Å². The average Bonchev–Trinajstić information content (AvgIpc) is 3.10. The SMILES string of the molecule is Cc1ccc(-c2nc(NC(=O)[C@@H](C)Oc3cc(C)ccc3C(C)C)no2)cc1. The summed E-state index contributed by atoms with van der Waals surface area (Å²) in [6, 6.07) is 13.7. The zero-order valence-corrected chi connectivity index (χ0v) is 16.8. The lowest BCUT2D eigenvalue weighted by atomic mass is 10.0. The fourth-order valence-electron chi connectivity index (χ4n) is 2.76. The highest BCUT2D eigenvalue weighted by Crippen LogP contribution is 2.28. The van der Waals surface area contributed by atoms with Crippen molar-refractivity contribution in [1.29, 1.82) is 0 Å². The molecule has 0 aliphatic heterocycles. The Hall–Kier alpha value is -3.15. The summed E-state index contributed by atoms with van der Waals surface area (Å²) in [7, 11) is 0. The predicted octanol–water partition coefficient (Wildman–Crippen LogP) is 4.88. The second-order valence-electron chi connectivity index (χ2n) is 7.23. The van der Waals surface area contributed by atoms with Crippen LogP contribution in [0, 0.1) is 13.8 Å². The molecule has 0 bridgehead atoms. The summed E-state index contributed by atoms with van der Waals surface area (Å²) in [6.07, 6.45) is -0.708. The first-order valence-electron chi connectivity index (χ1n) is 9.32. The van der Waals surface area contributed by atoms with Crippen molar-refractivity contribution in [3.8, 4) is 17.2 Å². The van der Waals surface area contributed by atoms with Crippen molar-refractivity contribution in [2.75, 3.05) is 5.32 Å². The Kier molecular flexibility index (Phi) is 5.78. The number of anilines is 1. The Balaban J connectivity index is 1.68. The lowest BCUT2D eigenvalue weighted by Gasteiger charge is -2.18. The van der Waals surface area contributed by atoms with E-state index in [1.807, 2.05) is 56.3 Å². The zero-order chi connectivity index (χ0) is 20.3. The van der Waals surface area contributed by atoms with Crippen LogP contribution in [0.2, 0.25) is 0 Å². The van der Waals surface area contributed by atoms with E-state index < -0.39 is 6.10 Å². The number of carbonyl (C=O) groups is 1. The van der Waals surface area contributed by atoms with E-state index in [0.717, 1.165) is 22.3 Å². The molecule has 0 aliphatic carbocycles. The molecule has 0 spiro atoms. The van der Waals surface area contributed by atoms with Crippen LogP contribution in [0.3, 0.4) is 0 Å². The summed E-state index contributed by atoms with van der Waals surface area (Å²) in [5.74, 6) is 1.13. The standard InChI is InChI=1S/C22H25N3O3/c1-13(2)18-11-8-15(4)12-19(18)27-16(5)20(26)23-22-24-21(28-25-22)17-9-6-14(3)7-10-17/h6-13,16H,1-5H3,(H,23,25,26)/t16-/m1/s1. The van der Waals surface area contributed by atoms with Gasteiger partial charge in [0, 0.05) is 5.56 Å². The second-order valence-corrected chi connectivity index (χ2v) is 7.23. The normalized spacial score (nSPS) is 12.1. The second kappa shape index (κ2) is 8.25. The quantitative estimate of drug-likeness (QED) is 0.660. The van der Waals surface area contributed by atoms with Gasteiger partial charge in [-0.05, 0) is 61.2 Å². The van der Waals surface area contributed by atoms with E-state index in [1.54, 1.807) is 6.92 Å². The molecule has 0 radical (unpaired) electrons. The van der Waals surface area contributed by atoms with E-state index >= 15 is 0 Å². The molecule has 0 saturated carbocycles. The third-order valence-electron chi connectivity index (χ3n) is 4.42. The van der Waals surface area contributed by atoms with Crippen molar-refractivity contribution in [3.05, 3.63) is 59.2 Å². The van der Waals surface area contributed by atoms with Crippen molar-refractivity contribution in [3.63, 3.8) is 0 Å². The van der Waals surface area contributed by atoms with E-state index in [1.165, 1.54) is 0 Å². The van der Waals surface area contributed by atoms with Gasteiger partial charge in [0.1, 0.15) is 5.75 Å². The summed E-state index contributed by atoms with van der Waals surface area (Å²) in [5.41, 5.74) is 4.07. The Morgan fingerprint density at radius 3 is 2.39 bits per heavy atom. The molecule has 146 valence electrons. The highest BCUT2D eigenvalue weighted by molar-refractivity contribution is 5.92. The summed E-state index contributed by atoms with van der Waals surface area (Å²) in [4.78, 5) is 16.7. The van der Waals surface area contributed by atoms with Crippen LogP contribution in [0.1, 0.15) is 43.4 Å². The average molecular weight is 379 g/mol. The van der Waals surface area contributed by atoms with Crippen LogP contribution in [-0.4, -0.2) is 22.2 Å². The van der Waals surface area contributed by atoms with E-state index in [2.05, 4.69) is 29.3 Å². The predicted molar refractivity (Wildman–Crippen MR) is 108 cm³/mol. The minimum atomic E-state index is -0.708. The molecule has 1 heterocycles. The van der Waals surface area contributed by atoms with E-state index in [4.69, 9.17) is 9.26 Å². The van der Waals surface area contributed by atoms with Crippen LogP contribution in [0.4, 0.5) is 5.95 Å². The lowest BCUT2D eigenvalue weighted by molar-refractivity contribution is -0.122. The van der Waals surface area contributed by atoms with Crippen molar-refractivity contribution in [2.24, 2.45) is 0 Å². The molecule has 28 heavy (non-hydrogen) atoms. The topological polar surface area (TPSA) is 77.2 Å². The van der Waals surface area contributed by atoms with Crippen LogP contribution >= 0.6 is 0 Å². The molecular weight excluding hydrogens is 354 g/mol. The molecule has 1 amide bonds. The number of benzene rings is 2. The van der Waals surface area contributed by atoms with E-state index in [0.29, 0.717) is 17.6 Å². The van der Waals surface area contributed by atoms with Gasteiger partial charge in [0.2, 0.25) is 0 Å². The van der Waals surface area contributed by atoms with Gasteiger partial charge in [0.15, 0.2) is 6.10 Å². The zero-order valence-electron chi connectivity index (χ0n) is 16.8. The maximum Gasteiger partial charge on any atom is 0.270 e. The molecular formula is C22H25N3O3. The molecule has 3 aromatic rings. The minimum absolute atomic E-state index is 0.115. The Morgan fingerprint density at radius 1 is 1.04 bits per heavy atom. The van der Waals surface area contributed by atoms with E-state index in [-0.39, 0.29) is 11.9 Å². The van der Waals surface area contributed by atoms with Gasteiger partial charge in [-0.3, -0.25) is 10.1 Å². The molecule has 6 heteroatoms. The Bertz CT molecular complexity index is 961. The van der Waals surface area contributed by atoms with Crippen LogP contribution < -0.4 is 10.1 Å². The number of ether oxygens (including phenoxy) is 1. The Labute approximate surface area is 164 Å². The number of hydrogen-bond acceptors (Lipinski definition) is 5. The summed E-state index contributed by atoms with van der Waals surface area (Å²) < 4.78 is 11.2. The molecule has 0 fully saturated rings. The fraction of sp³-hybridized carbons (Fsp3) is 0.318. The maximum atomic E-state index is 12.5. The van der Waals surface area contributed by atoms with E-state index in [9.17, 15) is 4.79 Å². The molecule has 6 nitrogen and oxygen atoms in total. The van der Waals surface area contributed by atoms with Crippen LogP contribution in [0.5, 0.6) is 5.75 Å². The first kappa shape index (κ1) is 19.6. The van der Waals surface area contributed by atoms with Gasteiger partial charge in [0.25, 0.3) is 17.7 Å². The van der Waals surface area contributed by atoms with Crippen LogP contribution in [-0.2, 0) is 4.79 Å². The fourth-order valence-corrected chi connectivity index (χ4v) is 2.76. The summed E-state index contributed by atoms with van der Waals surface area (Å²) >= 11 is 0. The highest BCUT2D eigenvalue weighted by Gasteiger charge is 2.20. The Morgan fingerprint density at radius 2 is 1.71 bits per heavy atom. The first-order chi connectivity index (χ1) is 13.3. The highest BCUT2D eigenvalue weighted by atomic mass is 16.5. The first-order valence-corrected chi connectivity index (χ1v) is 9.32. The van der Waals surface area contributed by atoms with Gasteiger partial charge < -0.3 is 9.26 Å². The molecule has 0 unspecified atom stereocenters. The van der Waals surface area contributed by atoms with Gasteiger partial charge in [-0.1, -0.05) is 43.7 Å². The molecule has 2 aromatic carbocycles. The largest absolute Gasteiger partial charge is 0.481 e. The molecule has 1 N–H and O–H groups in total. The van der Waals surface area contributed by atoms with Crippen LogP contribution in [0.25, 0.3) is 11.5 Å². The minimum Gasteiger partial charge on any atom is -0.481 e. The van der Waals surface area contributed by atoms with Gasteiger partial charge >= 0.3 is 0 Å². The number of carbonyl (C=O) groups excluding carboxylic acids is 1. The third kappa shape index (κ3) is 4.57. The number of aryl methyl sites for hydroxylation is 2. The van der Waals surface area contributed by atoms with Gasteiger partial charge in [-0.15, -0.1) is 0 Å². The number of hydrogen-bond donors (Lipinski definition) is 1. The molecule has 1 atom stereocenters. The van der Waals surface area contributed by atoms with Crippen molar-refractivity contribution in [2.45, 2.75) is 46.6 Å². The number of nitrogens with one attached hydrogen (secondary N) is 1. The van der Waals surface area contributed by atoms with Gasteiger partial charge in [0.05, 0.1) is 0 Å². The number of rotatable bonds is 6. The smallest absolute Gasteiger partial charge is 0.270 e. The number of aromatic nitrogens is 2. The monoisotopic (exact) mass is 379 g/mol. The molecule has 1 aromatic heterocycles. The van der Waals surface area contributed by atoms with Crippen molar-refractivity contribution < 1.29 is 14.1 Å². The lowest BCUT2D eigenvalue weighted by Crippen LogP contribution is -2.30. The van der Waals surface area contributed by atoms with Gasteiger partial charge in [-0.25, -0.2) is 0 Å².